The van der Waals surface area contributed by atoms with Gasteiger partial charge in [0.05, 0.1) is 0 Å². The highest BCUT2D eigenvalue weighted by Gasteiger charge is 2.40. The normalized spacial score (nSPS) is 27.2. The minimum atomic E-state index is 0.0897. The van der Waals surface area contributed by atoms with Gasteiger partial charge in [-0.05, 0) is 53.2 Å². The molecule has 17 heavy (non-hydrogen) atoms. The minimum absolute atomic E-state index is 0.0897. The van der Waals surface area contributed by atoms with Gasteiger partial charge >= 0.3 is 0 Å². The second-order valence-electron chi connectivity index (χ2n) is 4.88. The predicted octanol–water partition coefficient (Wildman–Crippen LogP) is 2.86. The van der Waals surface area contributed by atoms with Gasteiger partial charge in [-0.1, -0.05) is 6.42 Å². The molecule has 1 aliphatic heterocycles. The molecule has 1 aromatic heterocycles. The number of carbonyl (C=O) groups excluding carboxylic acids is 1. The average Bonchev–Trinajstić information content (AvgIpc) is 2.90. The van der Waals surface area contributed by atoms with Crippen LogP contribution in [-0.2, 0) is 0 Å². The van der Waals surface area contributed by atoms with Gasteiger partial charge in [-0.15, -0.1) is 0 Å². The van der Waals surface area contributed by atoms with Crippen LogP contribution in [-0.4, -0.2) is 28.4 Å². The molecule has 0 unspecified atom stereocenters. The van der Waals surface area contributed by atoms with Crippen molar-refractivity contribution in [2.24, 2.45) is 5.92 Å². The second kappa shape index (κ2) is 4.41. The van der Waals surface area contributed by atoms with Crippen LogP contribution in [0.2, 0.25) is 0 Å². The van der Waals surface area contributed by atoms with E-state index in [1.54, 1.807) is 6.20 Å². The summed E-state index contributed by atoms with van der Waals surface area (Å²) in [6.45, 7) is 0.900. The molecule has 1 aromatic rings. The van der Waals surface area contributed by atoms with Crippen molar-refractivity contribution in [3.63, 3.8) is 0 Å². The SMILES string of the molecule is O=C(c1ncccc1Br)N1CC[C@H]2CCC[C@@H]21. The summed E-state index contributed by atoms with van der Waals surface area (Å²) in [6.07, 6.45) is 6.57. The van der Waals surface area contributed by atoms with Crippen LogP contribution in [0.15, 0.2) is 22.8 Å². The Labute approximate surface area is 109 Å². The predicted molar refractivity (Wildman–Crippen MR) is 68.7 cm³/mol. The van der Waals surface area contributed by atoms with Crippen molar-refractivity contribution < 1.29 is 4.79 Å². The van der Waals surface area contributed by atoms with Crippen molar-refractivity contribution in [2.45, 2.75) is 31.7 Å². The van der Waals surface area contributed by atoms with Crippen molar-refractivity contribution >= 4 is 21.8 Å². The Kier molecular flexibility index (Phi) is 2.90. The summed E-state index contributed by atoms with van der Waals surface area (Å²) < 4.78 is 0.798. The maximum atomic E-state index is 12.4. The molecule has 3 rings (SSSR count). The number of nitrogens with zero attached hydrogens (tertiary/aromatic N) is 2. The van der Waals surface area contributed by atoms with Gasteiger partial charge < -0.3 is 4.90 Å². The number of pyridine rings is 1. The lowest BCUT2D eigenvalue weighted by atomic mass is 10.0. The fourth-order valence-corrected chi connectivity index (χ4v) is 3.59. The first kappa shape index (κ1) is 11.2. The topological polar surface area (TPSA) is 33.2 Å². The van der Waals surface area contributed by atoms with E-state index in [1.807, 2.05) is 17.0 Å². The van der Waals surface area contributed by atoms with Crippen LogP contribution in [0.25, 0.3) is 0 Å². The van der Waals surface area contributed by atoms with E-state index < -0.39 is 0 Å². The first-order valence-electron chi connectivity index (χ1n) is 6.19. The highest BCUT2D eigenvalue weighted by Crippen LogP contribution is 2.38. The molecule has 2 fully saturated rings. The number of hydrogen-bond acceptors (Lipinski definition) is 2. The Hall–Kier alpha value is -0.900. The largest absolute Gasteiger partial charge is 0.334 e. The minimum Gasteiger partial charge on any atom is -0.334 e. The molecule has 1 amide bonds. The number of amides is 1. The lowest BCUT2D eigenvalue weighted by Gasteiger charge is -2.23. The lowest BCUT2D eigenvalue weighted by Crippen LogP contribution is -2.36. The zero-order chi connectivity index (χ0) is 11.8. The first-order valence-corrected chi connectivity index (χ1v) is 6.98. The van der Waals surface area contributed by atoms with Gasteiger partial charge in [-0.3, -0.25) is 4.79 Å². The van der Waals surface area contributed by atoms with E-state index in [0.29, 0.717) is 11.7 Å². The summed E-state index contributed by atoms with van der Waals surface area (Å²) in [4.78, 5) is 18.7. The average molecular weight is 295 g/mol. The fraction of sp³-hybridized carbons (Fsp3) is 0.538. The Balaban J connectivity index is 1.85. The molecule has 0 bridgehead atoms. The van der Waals surface area contributed by atoms with Crippen molar-refractivity contribution in [3.05, 3.63) is 28.5 Å². The zero-order valence-corrected chi connectivity index (χ0v) is 11.2. The third kappa shape index (κ3) is 1.88. The molecule has 0 aromatic carbocycles. The van der Waals surface area contributed by atoms with E-state index in [2.05, 4.69) is 20.9 Å². The summed E-state index contributed by atoms with van der Waals surface area (Å²) in [5.74, 6) is 0.827. The molecule has 1 saturated heterocycles. The van der Waals surface area contributed by atoms with Gasteiger partial charge in [0, 0.05) is 23.3 Å². The zero-order valence-electron chi connectivity index (χ0n) is 9.60. The molecule has 0 radical (unpaired) electrons. The highest BCUT2D eigenvalue weighted by molar-refractivity contribution is 9.10. The van der Waals surface area contributed by atoms with E-state index in [4.69, 9.17) is 0 Å². The van der Waals surface area contributed by atoms with Gasteiger partial charge in [-0.2, -0.15) is 0 Å². The van der Waals surface area contributed by atoms with Crippen LogP contribution < -0.4 is 0 Å². The fourth-order valence-electron chi connectivity index (χ4n) is 3.17. The molecule has 1 saturated carbocycles. The number of likely N-dealkylation sites (tertiary alicyclic amines) is 1. The Bertz CT molecular complexity index is 449. The molecule has 3 nitrogen and oxygen atoms in total. The number of halogens is 1. The highest BCUT2D eigenvalue weighted by atomic mass is 79.9. The lowest BCUT2D eigenvalue weighted by molar-refractivity contribution is 0.0722. The number of carbonyl (C=O) groups is 1. The number of rotatable bonds is 1. The van der Waals surface area contributed by atoms with E-state index in [-0.39, 0.29) is 5.91 Å². The van der Waals surface area contributed by atoms with Gasteiger partial charge in [0.1, 0.15) is 5.69 Å². The van der Waals surface area contributed by atoms with Gasteiger partial charge in [0.25, 0.3) is 5.91 Å². The molecule has 0 spiro atoms. The van der Waals surface area contributed by atoms with E-state index in [9.17, 15) is 4.79 Å². The van der Waals surface area contributed by atoms with Crippen LogP contribution >= 0.6 is 15.9 Å². The maximum absolute atomic E-state index is 12.4. The number of aromatic nitrogens is 1. The van der Waals surface area contributed by atoms with E-state index in [1.165, 1.54) is 25.7 Å². The second-order valence-corrected chi connectivity index (χ2v) is 5.73. The third-order valence-corrected chi connectivity index (χ3v) is 4.62. The van der Waals surface area contributed by atoms with Gasteiger partial charge in [0.15, 0.2) is 0 Å². The quantitative estimate of drug-likeness (QED) is 0.798. The van der Waals surface area contributed by atoms with Crippen LogP contribution in [0, 0.1) is 5.92 Å². The molecule has 90 valence electrons. The molecule has 1 aliphatic carbocycles. The standard InChI is InChI=1S/C13H15BrN2O/c14-10-4-2-7-15-12(10)13(17)16-8-6-9-3-1-5-11(9)16/h2,4,7,9,11H,1,3,5-6,8H2/t9-,11+/m1/s1. The number of hydrogen-bond donors (Lipinski definition) is 0. The van der Waals surface area contributed by atoms with Crippen molar-refractivity contribution in [1.82, 2.24) is 9.88 Å². The van der Waals surface area contributed by atoms with E-state index >= 15 is 0 Å². The van der Waals surface area contributed by atoms with Crippen molar-refractivity contribution in [3.8, 4) is 0 Å². The summed E-state index contributed by atoms with van der Waals surface area (Å²) in [6, 6.07) is 4.18. The Morgan fingerprint density at radius 3 is 3.12 bits per heavy atom. The molecule has 2 aliphatic rings. The van der Waals surface area contributed by atoms with Gasteiger partial charge in [-0.25, -0.2) is 4.98 Å². The number of fused-ring (bicyclic) bond motifs is 1. The van der Waals surface area contributed by atoms with Crippen LogP contribution in [0.3, 0.4) is 0 Å². The molecular weight excluding hydrogens is 280 g/mol. The third-order valence-electron chi connectivity index (χ3n) is 3.98. The Morgan fingerprint density at radius 2 is 2.29 bits per heavy atom. The van der Waals surface area contributed by atoms with Crippen molar-refractivity contribution in [2.75, 3.05) is 6.54 Å². The summed E-state index contributed by atoms with van der Waals surface area (Å²) in [5.41, 5.74) is 0.556. The molecule has 2 atom stereocenters. The molecular formula is C13H15BrN2O. The molecule has 4 heteroatoms. The van der Waals surface area contributed by atoms with Crippen LogP contribution in [0.5, 0.6) is 0 Å². The maximum Gasteiger partial charge on any atom is 0.273 e. The molecule has 0 N–H and O–H groups in total. The molecule has 2 heterocycles. The van der Waals surface area contributed by atoms with Crippen molar-refractivity contribution in [1.29, 1.82) is 0 Å². The van der Waals surface area contributed by atoms with E-state index in [0.717, 1.165) is 16.9 Å². The smallest absolute Gasteiger partial charge is 0.273 e. The van der Waals surface area contributed by atoms with Crippen LogP contribution in [0.4, 0.5) is 0 Å². The monoisotopic (exact) mass is 294 g/mol. The summed E-state index contributed by atoms with van der Waals surface area (Å²) >= 11 is 3.41. The summed E-state index contributed by atoms with van der Waals surface area (Å²) in [5, 5.41) is 0. The van der Waals surface area contributed by atoms with Crippen LogP contribution in [0.1, 0.15) is 36.2 Å². The summed E-state index contributed by atoms with van der Waals surface area (Å²) in [7, 11) is 0. The Morgan fingerprint density at radius 1 is 1.41 bits per heavy atom. The van der Waals surface area contributed by atoms with Gasteiger partial charge in [0.2, 0.25) is 0 Å². The first-order chi connectivity index (χ1) is 8.27.